The fraction of sp³-hybridized carbons (Fsp3) is 0.562. The first-order valence-corrected chi connectivity index (χ1v) is 7.25. The number of rotatable bonds is 5. The number of hydrogen-bond donors (Lipinski definition) is 1. The second-order valence-corrected chi connectivity index (χ2v) is 5.84. The van der Waals surface area contributed by atoms with E-state index in [1.807, 2.05) is 24.3 Å². The van der Waals surface area contributed by atoms with E-state index < -0.39 is 5.97 Å². The highest BCUT2D eigenvalue weighted by Crippen LogP contribution is 2.51. The normalized spacial score (nSPS) is 24.1. The Kier molecular flexibility index (Phi) is 3.66. The summed E-state index contributed by atoms with van der Waals surface area (Å²) >= 11 is 0. The van der Waals surface area contributed by atoms with Gasteiger partial charge in [0.05, 0.1) is 13.0 Å². The summed E-state index contributed by atoms with van der Waals surface area (Å²) in [6.45, 7) is 1.46. The standard InChI is InChI=1S/C16H20O4/c17-15(18)10-16(6-7-16)12-3-1-4-13(9-12)20-14-5-2-8-19-11-14/h1,3-4,9,14H,2,5-8,10-11H2,(H,17,18). The molecule has 1 N–H and O–H groups in total. The molecule has 0 spiro atoms. The van der Waals surface area contributed by atoms with Crippen molar-refractivity contribution >= 4 is 5.97 Å². The third kappa shape index (κ3) is 2.96. The van der Waals surface area contributed by atoms with Crippen LogP contribution in [0.15, 0.2) is 24.3 Å². The molecule has 4 heteroatoms. The fourth-order valence-corrected chi connectivity index (χ4v) is 2.90. The van der Waals surface area contributed by atoms with Crippen LogP contribution in [-0.4, -0.2) is 30.4 Å². The Balaban J connectivity index is 1.71. The highest BCUT2D eigenvalue weighted by molar-refractivity contribution is 5.70. The van der Waals surface area contributed by atoms with Crippen molar-refractivity contribution < 1.29 is 19.4 Å². The van der Waals surface area contributed by atoms with E-state index in [4.69, 9.17) is 14.6 Å². The van der Waals surface area contributed by atoms with Crippen LogP contribution < -0.4 is 4.74 Å². The predicted molar refractivity (Wildman–Crippen MR) is 74.1 cm³/mol. The molecule has 1 heterocycles. The lowest BCUT2D eigenvalue weighted by molar-refractivity contribution is -0.137. The van der Waals surface area contributed by atoms with Crippen LogP contribution in [0.3, 0.4) is 0 Å². The summed E-state index contributed by atoms with van der Waals surface area (Å²) < 4.78 is 11.4. The summed E-state index contributed by atoms with van der Waals surface area (Å²) in [5.74, 6) is 0.101. The van der Waals surface area contributed by atoms with Gasteiger partial charge in [0.25, 0.3) is 0 Å². The molecular weight excluding hydrogens is 256 g/mol. The van der Waals surface area contributed by atoms with Gasteiger partial charge in [0.15, 0.2) is 0 Å². The van der Waals surface area contributed by atoms with Gasteiger partial charge in [-0.1, -0.05) is 12.1 Å². The second kappa shape index (κ2) is 5.44. The molecule has 0 amide bonds. The van der Waals surface area contributed by atoms with E-state index in [9.17, 15) is 4.79 Å². The molecule has 1 aliphatic carbocycles. The van der Waals surface area contributed by atoms with Crippen LogP contribution in [0, 0.1) is 0 Å². The summed E-state index contributed by atoms with van der Waals surface area (Å²) in [6.07, 6.45) is 4.29. The van der Waals surface area contributed by atoms with Gasteiger partial charge in [0, 0.05) is 12.0 Å². The lowest BCUT2D eigenvalue weighted by Gasteiger charge is -2.24. The van der Waals surface area contributed by atoms with Gasteiger partial charge in [-0.15, -0.1) is 0 Å². The molecule has 0 bridgehead atoms. The number of carbonyl (C=O) groups is 1. The maximum atomic E-state index is 11.0. The van der Waals surface area contributed by atoms with Crippen LogP contribution in [0.5, 0.6) is 5.75 Å². The van der Waals surface area contributed by atoms with Crippen LogP contribution in [0.25, 0.3) is 0 Å². The SMILES string of the molecule is O=C(O)CC1(c2cccc(OC3CCCOC3)c2)CC1. The van der Waals surface area contributed by atoms with Gasteiger partial charge in [-0.2, -0.15) is 0 Å². The average Bonchev–Trinajstić information content (AvgIpc) is 3.20. The second-order valence-electron chi connectivity index (χ2n) is 5.84. The summed E-state index contributed by atoms with van der Waals surface area (Å²) in [4.78, 5) is 11.0. The molecule has 0 radical (unpaired) electrons. The van der Waals surface area contributed by atoms with Crippen molar-refractivity contribution in [1.29, 1.82) is 0 Å². The molecule has 20 heavy (non-hydrogen) atoms. The molecule has 108 valence electrons. The Morgan fingerprint density at radius 3 is 2.95 bits per heavy atom. The molecule has 2 fully saturated rings. The minimum absolute atomic E-state index is 0.119. The predicted octanol–water partition coefficient (Wildman–Crippen LogP) is 2.75. The highest BCUT2D eigenvalue weighted by atomic mass is 16.5. The molecular formula is C16H20O4. The minimum Gasteiger partial charge on any atom is -0.488 e. The van der Waals surface area contributed by atoms with E-state index in [-0.39, 0.29) is 17.9 Å². The van der Waals surface area contributed by atoms with Gasteiger partial charge >= 0.3 is 5.97 Å². The Morgan fingerprint density at radius 2 is 2.30 bits per heavy atom. The van der Waals surface area contributed by atoms with Crippen LogP contribution in [0.2, 0.25) is 0 Å². The molecule has 1 aliphatic heterocycles. The number of hydrogen-bond acceptors (Lipinski definition) is 3. The minimum atomic E-state index is -0.727. The van der Waals surface area contributed by atoms with E-state index in [2.05, 4.69) is 0 Å². The summed E-state index contributed by atoms with van der Waals surface area (Å²) in [5.41, 5.74) is 0.933. The van der Waals surface area contributed by atoms with E-state index >= 15 is 0 Å². The summed E-state index contributed by atoms with van der Waals surface area (Å²) in [5, 5.41) is 9.03. The molecule has 2 aliphatic rings. The van der Waals surface area contributed by atoms with Crippen molar-refractivity contribution in [3.8, 4) is 5.75 Å². The molecule has 1 saturated carbocycles. The average molecular weight is 276 g/mol. The van der Waals surface area contributed by atoms with Gasteiger partial charge < -0.3 is 14.6 Å². The quantitative estimate of drug-likeness (QED) is 0.898. The Labute approximate surface area is 118 Å². The number of ether oxygens (including phenoxy) is 2. The Bertz CT molecular complexity index is 487. The van der Waals surface area contributed by atoms with E-state index in [1.165, 1.54) is 0 Å². The third-order valence-electron chi connectivity index (χ3n) is 4.21. The van der Waals surface area contributed by atoms with Crippen LogP contribution in [0.1, 0.15) is 37.7 Å². The lowest BCUT2D eigenvalue weighted by atomic mass is 9.92. The molecule has 4 nitrogen and oxygen atoms in total. The van der Waals surface area contributed by atoms with Gasteiger partial charge in [0.2, 0.25) is 0 Å². The van der Waals surface area contributed by atoms with Crippen molar-refractivity contribution in [2.75, 3.05) is 13.2 Å². The van der Waals surface area contributed by atoms with Crippen molar-refractivity contribution in [3.05, 3.63) is 29.8 Å². The molecule has 3 rings (SSSR count). The Hall–Kier alpha value is -1.55. The summed E-state index contributed by atoms with van der Waals surface area (Å²) in [7, 11) is 0. The first kappa shape index (κ1) is 13.4. The van der Waals surface area contributed by atoms with Crippen molar-refractivity contribution in [2.45, 2.75) is 43.6 Å². The van der Waals surface area contributed by atoms with Crippen LogP contribution in [-0.2, 0) is 14.9 Å². The zero-order valence-corrected chi connectivity index (χ0v) is 11.5. The van der Waals surface area contributed by atoms with Crippen molar-refractivity contribution in [2.24, 2.45) is 0 Å². The number of aliphatic carboxylic acids is 1. The molecule has 1 unspecified atom stereocenters. The fourth-order valence-electron chi connectivity index (χ4n) is 2.90. The molecule has 1 aromatic rings. The van der Waals surface area contributed by atoms with Gasteiger partial charge in [0.1, 0.15) is 11.9 Å². The van der Waals surface area contributed by atoms with Gasteiger partial charge in [-0.05, 0) is 43.4 Å². The zero-order chi connectivity index (χ0) is 14.0. The molecule has 1 aromatic carbocycles. The van der Waals surface area contributed by atoms with E-state index in [0.29, 0.717) is 6.61 Å². The van der Waals surface area contributed by atoms with Crippen molar-refractivity contribution in [1.82, 2.24) is 0 Å². The number of benzene rings is 1. The Morgan fingerprint density at radius 1 is 1.45 bits per heavy atom. The monoisotopic (exact) mass is 276 g/mol. The lowest BCUT2D eigenvalue weighted by Crippen LogP contribution is -2.28. The highest BCUT2D eigenvalue weighted by Gasteiger charge is 2.46. The zero-order valence-electron chi connectivity index (χ0n) is 11.5. The topological polar surface area (TPSA) is 55.8 Å². The molecule has 0 aromatic heterocycles. The molecule has 1 saturated heterocycles. The molecule has 1 atom stereocenters. The smallest absolute Gasteiger partial charge is 0.304 e. The van der Waals surface area contributed by atoms with E-state index in [0.717, 1.165) is 43.6 Å². The summed E-state index contributed by atoms with van der Waals surface area (Å²) in [6, 6.07) is 7.91. The number of carboxylic acid groups (broad SMARTS) is 1. The van der Waals surface area contributed by atoms with Gasteiger partial charge in [-0.25, -0.2) is 0 Å². The van der Waals surface area contributed by atoms with Gasteiger partial charge in [-0.3, -0.25) is 4.79 Å². The van der Waals surface area contributed by atoms with Crippen molar-refractivity contribution in [3.63, 3.8) is 0 Å². The first-order chi connectivity index (χ1) is 9.68. The third-order valence-corrected chi connectivity index (χ3v) is 4.21. The number of carboxylic acids is 1. The van der Waals surface area contributed by atoms with Crippen LogP contribution >= 0.6 is 0 Å². The maximum absolute atomic E-state index is 11.0. The van der Waals surface area contributed by atoms with Crippen LogP contribution in [0.4, 0.5) is 0 Å². The first-order valence-electron chi connectivity index (χ1n) is 7.25. The van der Waals surface area contributed by atoms with E-state index in [1.54, 1.807) is 0 Å². The maximum Gasteiger partial charge on any atom is 0.304 e. The largest absolute Gasteiger partial charge is 0.488 e.